The lowest BCUT2D eigenvalue weighted by Crippen LogP contribution is -2.44. The number of hydrogen-bond acceptors (Lipinski definition) is 4. The molecular formula is C14H22BFN2O2. The van der Waals surface area contributed by atoms with Crippen LogP contribution in [0.5, 0.6) is 0 Å². The molecule has 1 fully saturated rings. The topological polar surface area (TPSA) is 46.9 Å². The molecule has 1 aromatic rings. The van der Waals surface area contributed by atoms with Crippen LogP contribution in [0.1, 0.15) is 18.4 Å². The number of hydrogen-bond donors (Lipinski definition) is 2. The minimum Gasteiger partial charge on any atom is -0.423 e. The van der Waals surface area contributed by atoms with Gasteiger partial charge in [-0.25, -0.2) is 4.39 Å². The molecule has 1 heterocycles. The normalized spacial score (nSPS) is 20.4. The molecule has 1 saturated heterocycles. The van der Waals surface area contributed by atoms with E-state index < -0.39 is 7.12 Å². The van der Waals surface area contributed by atoms with E-state index in [-0.39, 0.29) is 11.3 Å². The van der Waals surface area contributed by atoms with Crippen LogP contribution in [-0.4, -0.2) is 60.2 Å². The molecule has 110 valence electrons. The zero-order chi connectivity index (χ0) is 14.7. The van der Waals surface area contributed by atoms with Gasteiger partial charge in [-0.3, -0.25) is 4.90 Å². The van der Waals surface area contributed by atoms with Crippen molar-refractivity contribution in [3.63, 3.8) is 0 Å². The van der Waals surface area contributed by atoms with E-state index in [1.165, 1.54) is 12.5 Å². The first-order chi connectivity index (χ1) is 9.47. The van der Waals surface area contributed by atoms with Gasteiger partial charge in [-0.15, -0.1) is 0 Å². The van der Waals surface area contributed by atoms with E-state index in [2.05, 4.69) is 16.8 Å². The maximum Gasteiger partial charge on any atom is 0.488 e. The first-order valence-corrected chi connectivity index (χ1v) is 7.00. The van der Waals surface area contributed by atoms with E-state index >= 15 is 0 Å². The fraction of sp³-hybridized carbons (Fsp3) is 0.571. The number of likely N-dealkylation sites (tertiary alicyclic amines) is 1. The third-order valence-corrected chi connectivity index (χ3v) is 4.02. The Morgan fingerprint density at radius 2 is 2.20 bits per heavy atom. The number of rotatable bonds is 4. The third-order valence-electron chi connectivity index (χ3n) is 4.02. The van der Waals surface area contributed by atoms with Gasteiger partial charge in [0, 0.05) is 24.7 Å². The first-order valence-electron chi connectivity index (χ1n) is 7.00. The molecule has 4 nitrogen and oxygen atoms in total. The Morgan fingerprint density at radius 3 is 2.80 bits per heavy atom. The molecule has 20 heavy (non-hydrogen) atoms. The van der Waals surface area contributed by atoms with Crippen LogP contribution in [0.25, 0.3) is 0 Å². The van der Waals surface area contributed by atoms with Gasteiger partial charge >= 0.3 is 7.12 Å². The summed E-state index contributed by atoms with van der Waals surface area (Å²) in [5.74, 6) is -0.383. The second-order valence-corrected chi connectivity index (χ2v) is 5.70. The number of likely N-dealkylation sites (N-methyl/N-ethyl adjacent to an activating group) is 2. The summed E-state index contributed by atoms with van der Waals surface area (Å²) >= 11 is 0. The van der Waals surface area contributed by atoms with Crippen molar-refractivity contribution in [1.82, 2.24) is 9.80 Å². The molecule has 0 radical (unpaired) electrons. The average Bonchev–Trinajstić information content (AvgIpc) is 2.40. The largest absolute Gasteiger partial charge is 0.488 e. The molecule has 6 heteroatoms. The van der Waals surface area contributed by atoms with E-state index in [1.807, 2.05) is 7.05 Å². The maximum atomic E-state index is 14.0. The summed E-state index contributed by atoms with van der Waals surface area (Å²) in [4.78, 5) is 4.47. The average molecular weight is 280 g/mol. The fourth-order valence-electron chi connectivity index (χ4n) is 2.75. The summed E-state index contributed by atoms with van der Waals surface area (Å²) in [5.41, 5.74) is 0.774. The molecule has 1 unspecified atom stereocenters. The van der Waals surface area contributed by atoms with Crippen LogP contribution < -0.4 is 5.46 Å². The molecule has 1 aliphatic rings. The van der Waals surface area contributed by atoms with Gasteiger partial charge < -0.3 is 14.9 Å². The third kappa shape index (κ3) is 3.79. The Kier molecular flexibility index (Phi) is 5.15. The highest BCUT2D eigenvalue weighted by Crippen LogP contribution is 2.17. The second-order valence-electron chi connectivity index (χ2n) is 5.70. The summed E-state index contributed by atoms with van der Waals surface area (Å²) in [6.07, 6.45) is 2.31. The number of halogens is 1. The van der Waals surface area contributed by atoms with Gasteiger partial charge in [0.1, 0.15) is 5.82 Å². The van der Waals surface area contributed by atoms with Crippen molar-refractivity contribution in [2.45, 2.75) is 25.4 Å². The van der Waals surface area contributed by atoms with E-state index in [0.717, 1.165) is 19.5 Å². The van der Waals surface area contributed by atoms with Crippen molar-refractivity contribution in [2.24, 2.45) is 0 Å². The standard InChI is InChI=1S/C14H22BFN2O2/c1-17-7-3-4-13(10-17)18(2)9-11-5-6-12(15(19)20)8-14(11)16/h5-6,8,13,19-20H,3-4,7,9-10H2,1-2H3. The minimum absolute atomic E-state index is 0.186. The SMILES string of the molecule is CN1CCCC(N(C)Cc2ccc(B(O)O)cc2F)C1. The zero-order valence-corrected chi connectivity index (χ0v) is 12.1. The molecule has 0 aliphatic carbocycles. The molecule has 0 aromatic heterocycles. The van der Waals surface area contributed by atoms with Gasteiger partial charge in [0.05, 0.1) is 0 Å². The summed E-state index contributed by atoms with van der Waals surface area (Å²) in [5, 5.41) is 18.1. The van der Waals surface area contributed by atoms with Crippen LogP contribution in [0.2, 0.25) is 0 Å². The highest BCUT2D eigenvalue weighted by atomic mass is 19.1. The molecule has 2 rings (SSSR count). The lowest BCUT2D eigenvalue weighted by atomic mass is 9.80. The molecule has 0 bridgehead atoms. The molecule has 1 aromatic carbocycles. The lowest BCUT2D eigenvalue weighted by Gasteiger charge is -2.36. The number of piperidine rings is 1. The molecule has 1 aliphatic heterocycles. The zero-order valence-electron chi connectivity index (χ0n) is 12.1. The Balaban J connectivity index is 2.02. The second kappa shape index (κ2) is 6.67. The van der Waals surface area contributed by atoms with Gasteiger partial charge in [-0.05, 0) is 45.0 Å². The highest BCUT2D eigenvalue weighted by Gasteiger charge is 2.22. The van der Waals surface area contributed by atoms with Crippen molar-refractivity contribution in [3.8, 4) is 0 Å². The molecule has 0 amide bonds. The van der Waals surface area contributed by atoms with Crippen molar-refractivity contribution < 1.29 is 14.4 Å². The summed E-state index contributed by atoms with van der Waals surface area (Å²) in [7, 11) is 2.50. The van der Waals surface area contributed by atoms with Crippen LogP contribution in [-0.2, 0) is 6.54 Å². The van der Waals surface area contributed by atoms with E-state index in [9.17, 15) is 4.39 Å². The van der Waals surface area contributed by atoms with Crippen LogP contribution in [0.4, 0.5) is 4.39 Å². The quantitative estimate of drug-likeness (QED) is 0.764. The van der Waals surface area contributed by atoms with Crippen molar-refractivity contribution in [3.05, 3.63) is 29.6 Å². The monoisotopic (exact) mass is 280 g/mol. The van der Waals surface area contributed by atoms with Gasteiger partial charge in [0.25, 0.3) is 0 Å². The van der Waals surface area contributed by atoms with Crippen molar-refractivity contribution in [2.75, 3.05) is 27.2 Å². The van der Waals surface area contributed by atoms with Crippen molar-refractivity contribution in [1.29, 1.82) is 0 Å². The van der Waals surface area contributed by atoms with Crippen LogP contribution in [0.3, 0.4) is 0 Å². The summed E-state index contributed by atoms with van der Waals surface area (Å²) < 4.78 is 14.0. The lowest BCUT2D eigenvalue weighted by molar-refractivity contribution is 0.128. The first kappa shape index (κ1) is 15.4. The van der Waals surface area contributed by atoms with Crippen LogP contribution in [0, 0.1) is 5.82 Å². The maximum absolute atomic E-state index is 14.0. The fourth-order valence-corrected chi connectivity index (χ4v) is 2.75. The Hall–Kier alpha value is -0.945. The van der Waals surface area contributed by atoms with Gasteiger partial charge in [0.15, 0.2) is 0 Å². The molecular weight excluding hydrogens is 258 g/mol. The van der Waals surface area contributed by atoms with E-state index in [0.29, 0.717) is 18.2 Å². The smallest absolute Gasteiger partial charge is 0.423 e. The summed E-state index contributed by atoms with van der Waals surface area (Å²) in [6.45, 7) is 2.67. The Morgan fingerprint density at radius 1 is 1.45 bits per heavy atom. The molecule has 0 spiro atoms. The molecule has 0 saturated carbocycles. The number of nitrogens with zero attached hydrogens (tertiary/aromatic N) is 2. The van der Waals surface area contributed by atoms with Crippen LogP contribution >= 0.6 is 0 Å². The minimum atomic E-state index is -1.62. The predicted octanol–water partition coefficient (Wildman–Crippen LogP) is 0.0315. The summed E-state index contributed by atoms with van der Waals surface area (Å²) in [6, 6.07) is 4.83. The Bertz CT molecular complexity index is 459. The van der Waals surface area contributed by atoms with Gasteiger partial charge in [-0.2, -0.15) is 0 Å². The molecule has 2 N–H and O–H groups in total. The Labute approximate surface area is 120 Å². The highest BCUT2D eigenvalue weighted by molar-refractivity contribution is 6.58. The molecule has 1 atom stereocenters. The van der Waals surface area contributed by atoms with Crippen LogP contribution in [0.15, 0.2) is 18.2 Å². The van der Waals surface area contributed by atoms with Gasteiger partial charge in [0.2, 0.25) is 0 Å². The van der Waals surface area contributed by atoms with Crippen molar-refractivity contribution >= 4 is 12.6 Å². The van der Waals surface area contributed by atoms with E-state index in [4.69, 9.17) is 10.0 Å². The predicted molar refractivity (Wildman–Crippen MR) is 78.2 cm³/mol. The number of benzene rings is 1. The van der Waals surface area contributed by atoms with Gasteiger partial charge in [-0.1, -0.05) is 12.1 Å². The van der Waals surface area contributed by atoms with E-state index in [1.54, 1.807) is 12.1 Å².